The van der Waals surface area contributed by atoms with Crippen LogP contribution in [0, 0.1) is 20.8 Å². The summed E-state index contributed by atoms with van der Waals surface area (Å²) in [6, 6.07) is 7.97. The number of carbonyl (C=O) groups is 1. The van der Waals surface area contributed by atoms with Gasteiger partial charge in [-0.25, -0.2) is 9.97 Å². The Morgan fingerprint density at radius 1 is 1.05 bits per heavy atom. The first-order chi connectivity index (χ1) is 9.40. The van der Waals surface area contributed by atoms with Crippen LogP contribution >= 0.6 is 0 Å². The fourth-order valence-electron chi connectivity index (χ4n) is 2.31. The van der Waals surface area contributed by atoms with Crippen molar-refractivity contribution in [2.75, 3.05) is 0 Å². The standard InChI is InChI=1S/C16H18N2O2/c1-9-5-7-13(8-6-9)15-17-11(3)14(12(4)18-15)10(2)16(19)20/h5-8,10H,1-4H3,(H,19,20). The number of nitrogens with zero attached hydrogens (tertiary/aromatic N) is 2. The van der Waals surface area contributed by atoms with Gasteiger partial charge in [0.15, 0.2) is 5.82 Å². The van der Waals surface area contributed by atoms with E-state index in [2.05, 4.69) is 9.97 Å². The molecule has 0 aliphatic heterocycles. The summed E-state index contributed by atoms with van der Waals surface area (Å²) < 4.78 is 0. The van der Waals surface area contributed by atoms with Gasteiger partial charge in [-0.05, 0) is 27.7 Å². The van der Waals surface area contributed by atoms with E-state index in [4.69, 9.17) is 5.11 Å². The molecule has 1 atom stereocenters. The minimum absolute atomic E-state index is 0.595. The molecular formula is C16H18N2O2. The molecule has 2 rings (SSSR count). The van der Waals surface area contributed by atoms with Gasteiger partial charge in [0.2, 0.25) is 0 Å². The van der Waals surface area contributed by atoms with E-state index in [1.807, 2.05) is 45.0 Å². The lowest BCUT2D eigenvalue weighted by atomic mass is 9.98. The molecule has 0 aliphatic carbocycles. The zero-order valence-electron chi connectivity index (χ0n) is 12.1. The second kappa shape index (κ2) is 5.41. The van der Waals surface area contributed by atoms with E-state index in [1.165, 1.54) is 5.56 Å². The van der Waals surface area contributed by atoms with E-state index in [0.717, 1.165) is 17.0 Å². The van der Waals surface area contributed by atoms with Crippen LogP contribution in [0.15, 0.2) is 24.3 Å². The van der Waals surface area contributed by atoms with Gasteiger partial charge in [0.05, 0.1) is 5.92 Å². The quantitative estimate of drug-likeness (QED) is 0.929. The predicted octanol–water partition coefficient (Wildman–Crippen LogP) is 3.26. The summed E-state index contributed by atoms with van der Waals surface area (Å²) in [6.07, 6.45) is 0. The monoisotopic (exact) mass is 270 g/mol. The Hall–Kier alpha value is -2.23. The molecule has 1 aromatic heterocycles. The van der Waals surface area contributed by atoms with Crippen LogP contribution in [0.5, 0.6) is 0 Å². The molecule has 0 spiro atoms. The average Bonchev–Trinajstić information content (AvgIpc) is 2.38. The largest absolute Gasteiger partial charge is 0.481 e. The van der Waals surface area contributed by atoms with Gasteiger partial charge in [0.1, 0.15) is 0 Å². The van der Waals surface area contributed by atoms with Crippen LogP contribution in [0.1, 0.15) is 35.4 Å². The highest BCUT2D eigenvalue weighted by Gasteiger charge is 2.21. The molecule has 0 saturated carbocycles. The minimum atomic E-state index is -0.858. The van der Waals surface area contributed by atoms with Crippen LogP contribution in [0.3, 0.4) is 0 Å². The van der Waals surface area contributed by atoms with Crippen LogP contribution in [0.2, 0.25) is 0 Å². The average molecular weight is 270 g/mol. The van der Waals surface area contributed by atoms with Gasteiger partial charge >= 0.3 is 5.97 Å². The highest BCUT2D eigenvalue weighted by molar-refractivity contribution is 5.76. The lowest BCUT2D eigenvalue weighted by molar-refractivity contribution is -0.138. The highest BCUT2D eigenvalue weighted by Crippen LogP contribution is 2.25. The van der Waals surface area contributed by atoms with Gasteiger partial charge < -0.3 is 5.11 Å². The molecule has 0 amide bonds. The Morgan fingerprint density at radius 2 is 1.55 bits per heavy atom. The zero-order chi connectivity index (χ0) is 14.9. The number of aliphatic carboxylic acids is 1. The first-order valence-corrected chi connectivity index (χ1v) is 6.55. The lowest BCUT2D eigenvalue weighted by Gasteiger charge is -2.14. The molecule has 20 heavy (non-hydrogen) atoms. The minimum Gasteiger partial charge on any atom is -0.481 e. The van der Waals surface area contributed by atoms with Crippen LogP contribution in [0.4, 0.5) is 0 Å². The molecule has 4 heteroatoms. The van der Waals surface area contributed by atoms with Gasteiger partial charge in [-0.3, -0.25) is 4.79 Å². The fraction of sp³-hybridized carbons (Fsp3) is 0.312. The molecule has 104 valence electrons. The molecule has 1 heterocycles. The molecule has 2 aromatic rings. The third-order valence-electron chi connectivity index (χ3n) is 3.44. The normalized spacial score (nSPS) is 12.2. The van der Waals surface area contributed by atoms with E-state index in [-0.39, 0.29) is 0 Å². The first-order valence-electron chi connectivity index (χ1n) is 6.55. The van der Waals surface area contributed by atoms with E-state index >= 15 is 0 Å². The third-order valence-corrected chi connectivity index (χ3v) is 3.44. The summed E-state index contributed by atoms with van der Waals surface area (Å²) in [4.78, 5) is 20.1. The van der Waals surface area contributed by atoms with Crippen LogP contribution in [-0.2, 0) is 4.79 Å². The molecule has 0 fully saturated rings. The fourth-order valence-corrected chi connectivity index (χ4v) is 2.31. The predicted molar refractivity (Wildman–Crippen MR) is 77.7 cm³/mol. The number of aryl methyl sites for hydroxylation is 3. The first kappa shape index (κ1) is 14.2. The maximum absolute atomic E-state index is 11.1. The summed E-state index contributed by atoms with van der Waals surface area (Å²) in [7, 11) is 0. The molecular weight excluding hydrogens is 252 g/mol. The summed E-state index contributed by atoms with van der Waals surface area (Å²) in [5, 5.41) is 9.15. The van der Waals surface area contributed by atoms with Crippen LogP contribution in [-0.4, -0.2) is 21.0 Å². The van der Waals surface area contributed by atoms with E-state index < -0.39 is 11.9 Å². The van der Waals surface area contributed by atoms with Crippen LogP contribution < -0.4 is 0 Å². The molecule has 1 aromatic carbocycles. The zero-order valence-corrected chi connectivity index (χ0v) is 12.1. The van der Waals surface area contributed by atoms with E-state index in [0.29, 0.717) is 11.4 Å². The SMILES string of the molecule is Cc1ccc(-c2nc(C)c(C(C)C(=O)O)c(C)n2)cc1. The number of benzene rings is 1. The summed E-state index contributed by atoms with van der Waals surface area (Å²) in [5.41, 5.74) is 4.27. The number of rotatable bonds is 3. The van der Waals surface area contributed by atoms with E-state index in [9.17, 15) is 4.79 Å². The Bertz CT molecular complexity index is 625. The highest BCUT2D eigenvalue weighted by atomic mass is 16.4. The van der Waals surface area contributed by atoms with Crippen molar-refractivity contribution in [2.45, 2.75) is 33.6 Å². The number of carboxylic acid groups (broad SMARTS) is 1. The lowest BCUT2D eigenvalue weighted by Crippen LogP contribution is -2.13. The van der Waals surface area contributed by atoms with Gasteiger partial charge in [0, 0.05) is 22.5 Å². The van der Waals surface area contributed by atoms with Crippen molar-refractivity contribution in [2.24, 2.45) is 0 Å². The molecule has 0 saturated heterocycles. The second-order valence-corrected chi connectivity index (χ2v) is 5.06. The number of carboxylic acids is 1. The second-order valence-electron chi connectivity index (χ2n) is 5.06. The Morgan fingerprint density at radius 3 is 2.00 bits per heavy atom. The summed E-state index contributed by atoms with van der Waals surface area (Å²) in [5.74, 6) is -0.814. The van der Waals surface area contributed by atoms with Gasteiger partial charge in [-0.15, -0.1) is 0 Å². The van der Waals surface area contributed by atoms with Crippen molar-refractivity contribution < 1.29 is 9.90 Å². The maximum Gasteiger partial charge on any atom is 0.310 e. The molecule has 1 unspecified atom stereocenters. The summed E-state index contributed by atoms with van der Waals surface area (Å²) in [6.45, 7) is 7.35. The van der Waals surface area contributed by atoms with Crippen molar-refractivity contribution in [3.63, 3.8) is 0 Å². The summed E-state index contributed by atoms with van der Waals surface area (Å²) >= 11 is 0. The molecule has 4 nitrogen and oxygen atoms in total. The number of hydrogen-bond donors (Lipinski definition) is 1. The Balaban J connectivity index is 2.50. The van der Waals surface area contributed by atoms with Gasteiger partial charge in [-0.2, -0.15) is 0 Å². The van der Waals surface area contributed by atoms with Crippen LogP contribution in [0.25, 0.3) is 11.4 Å². The third kappa shape index (κ3) is 2.69. The molecule has 0 radical (unpaired) electrons. The topological polar surface area (TPSA) is 63.1 Å². The smallest absolute Gasteiger partial charge is 0.310 e. The van der Waals surface area contributed by atoms with Crippen molar-refractivity contribution in [3.05, 3.63) is 46.8 Å². The van der Waals surface area contributed by atoms with Crippen molar-refractivity contribution in [1.29, 1.82) is 0 Å². The van der Waals surface area contributed by atoms with Crippen molar-refractivity contribution in [1.82, 2.24) is 9.97 Å². The Kier molecular flexibility index (Phi) is 3.84. The molecule has 1 N–H and O–H groups in total. The number of hydrogen-bond acceptors (Lipinski definition) is 3. The van der Waals surface area contributed by atoms with Crippen molar-refractivity contribution >= 4 is 5.97 Å². The van der Waals surface area contributed by atoms with Gasteiger partial charge in [0.25, 0.3) is 0 Å². The molecule has 0 bridgehead atoms. The Labute approximate surface area is 118 Å². The maximum atomic E-state index is 11.1. The van der Waals surface area contributed by atoms with Gasteiger partial charge in [-0.1, -0.05) is 29.8 Å². The number of aromatic nitrogens is 2. The molecule has 0 aliphatic rings. The van der Waals surface area contributed by atoms with E-state index in [1.54, 1.807) is 6.92 Å². The van der Waals surface area contributed by atoms with Crippen molar-refractivity contribution in [3.8, 4) is 11.4 Å².